The van der Waals surface area contributed by atoms with Gasteiger partial charge in [0.25, 0.3) is 0 Å². The van der Waals surface area contributed by atoms with Crippen molar-refractivity contribution in [2.45, 2.75) is 33.0 Å². The van der Waals surface area contributed by atoms with Crippen molar-refractivity contribution in [1.29, 1.82) is 0 Å². The van der Waals surface area contributed by atoms with E-state index in [1.54, 1.807) is 12.3 Å². The Labute approximate surface area is 111 Å². The Morgan fingerprint density at radius 2 is 2.11 bits per heavy atom. The van der Waals surface area contributed by atoms with Crippen molar-refractivity contribution < 1.29 is 17.9 Å². The van der Waals surface area contributed by atoms with Crippen LogP contribution in [0.4, 0.5) is 13.2 Å². The third-order valence-corrected chi connectivity index (χ3v) is 2.37. The van der Waals surface area contributed by atoms with E-state index in [1.807, 2.05) is 0 Å². The molecule has 0 aromatic carbocycles. The minimum atomic E-state index is -4.19. The summed E-state index contributed by atoms with van der Waals surface area (Å²) < 4.78 is 41.3. The van der Waals surface area contributed by atoms with E-state index in [9.17, 15) is 13.2 Å². The predicted octanol–water partition coefficient (Wildman–Crippen LogP) is 3.16. The molecule has 1 heterocycles. The third-order valence-electron chi connectivity index (χ3n) is 2.37. The van der Waals surface area contributed by atoms with Crippen LogP contribution in [0.15, 0.2) is 18.5 Å². The Hall–Kier alpha value is -1.30. The smallest absolute Gasteiger partial charge is 0.392 e. The molecule has 3 nitrogen and oxygen atoms in total. The summed E-state index contributed by atoms with van der Waals surface area (Å²) in [5.74, 6) is 0.960. The minimum Gasteiger partial charge on any atom is -0.493 e. The summed E-state index contributed by atoms with van der Waals surface area (Å²) in [6.07, 6.45) is -2.03. The Kier molecular flexibility index (Phi) is 6.08. The van der Waals surface area contributed by atoms with Gasteiger partial charge in [-0.05, 0) is 18.5 Å². The van der Waals surface area contributed by atoms with E-state index in [1.165, 1.54) is 6.20 Å². The van der Waals surface area contributed by atoms with E-state index in [2.05, 4.69) is 24.1 Å². The molecule has 0 bridgehead atoms. The molecule has 0 spiro atoms. The second kappa shape index (κ2) is 7.33. The monoisotopic (exact) mass is 276 g/mol. The largest absolute Gasteiger partial charge is 0.493 e. The number of nitrogens with zero attached hydrogens (tertiary/aromatic N) is 1. The van der Waals surface area contributed by atoms with Crippen LogP contribution in [0, 0.1) is 5.92 Å². The fourth-order valence-corrected chi connectivity index (χ4v) is 1.46. The molecule has 1 rings (SSSR count). The molecule has 1 N–H and O–H groups in total. The van der Waals surface area contributed by atoms with Crippen LogP contribution in [0.25, 0.3) is 0 Å². The summed E-state index contributed by atoms with van der Waals surface area (Å²) in [6.45, 7) is 5.16. The van der Waals surface area contributed by atoms with E-state index >= 15 is 0 Å². The van der Waals surface area contributed by atoms with Crippen molar-refractivity contribution in [3.63, 3.8) is 0 Å². The quantitative estimate of drug-likeness (QED) is 0.830. The van der Waals surface area contributed by atoms with E-state index in [-0.39, 0.29) is 6.61 Å². The molecular weight excluding hydrogens is 257 g/mol. The van der Waals surface area contributed by atoms with E-state index < -0.39 is 12.6 Å². The van der Waals surface area contributed by atoms with Gasteiger partial charge >= 0.3 is 6.18 Å². The van der Waals surface area contributed by atoms with Crippen molar-refractivity contribution in [2.24, 2.45) is 5.92 Å². The fraction of sp³-hybridized carbons (Fsp3) is 0.615. The first-order valence-electron chi connectivity index (χ1n) is 6.21. The van der Waals surface area contributed by atoms with Crippen molar-refractivity contribution in [2.75, 3.05) is 13.2 Å². The molecule has 0 aliphatic rings. The third kappa shape index (κ3) is 7.00. The normalized spacial score (nSPS) is 11.9. The van der Waals surface area contributed by atoms with Crippen LogP contribution in [-0.4, -0.2) is 24.3 Å². The molecule has 0 saturated carbocycles. The highest BCUT2D eigenvalue weighted by molar-refractivity contribution is 5.29. The average molecular weight is 276 g/mol. The lowest BCUT2D eigenvalue weighted by Crippen LogP contribution is -2.20. The van der Waals surface area contributed by atoms with Gasteiger partial charge in [0.2, 0.25) is 0 Å². The van der Waals surface area contributed by atoms with Gasteiger partial charge in [-0.2, -0.15) is 13.2 Å². The molecule has 0 radical (unpaired) electrons. The maximum absolute atomic E-state index is 12.0. The van der Waals surface area contributed by atoms with Crippen LogP contribution in [0.2, 0.25) is 0 Å². The topological polar surface area (TPSA) is 34.2 Å². The van der Waals surface area contributed by atoms with Gasteiger partial charge in [0.15, 0.2) is 0 Å². The van der Waals surface area contributed by atoms with E-state index in [4.69, 9.17) is 4.74 Å². The van der Waals surface area contributed by atoms with Crippen LogP contribution in [-0.2, 0) is 6.54 Å². The zero-order valence-electron chi connectivity index (χ0n) is 11.1. The summed E-state index contributed by atoms with van der Waals surface area (Å²) in [6, 6.07) is 1.59. The number of pyridine rings is 1. The molecule has 0 saturated heterocycles. The zero-order chi connectivity index (χ0) is 14.3. The lowest BCUT2D eigenvalue weighted by molar-refractivity contribution is -0.139. The fourth-order valence-electron chi connectivity index (χ4n) is 1.46. The van der Waals surface area contributed by atoms with Crippen molar-refractivity contribution in [3.05, 3.63) is 24.0 Å². The molecule has 1 aromatic rings. The molecular formula is C13H19F3N2O. The van der Waals surface area contributed by atoms with E-state index in [0.717, 1.165) is 12.1 Å². The SMILES string of the molecule is CC(C)CNCc1cnccc1OCCC(F)(F)F. The maximum Gasteiger partial charge on any atom is 0.392 e. The number of halogens is 3. The molecule has 0 unspecified atom stereocenters. The second-order valence-corrected chi connectivity index (χ2v) is 4.72. The second-order valence-electron chi connectivity index (χ2n) is 4.72. The Bertz CT molecular complexity index is 380. The van der Waals surface area contributed by atoms with Gasteiger partial charge in [-0.3, -0.25) is 4.98 Å². The van der Waals surface area contributed by atoms with Crippen LogP contribution in [0.3, 0.4) is 0 Å². The lowest BCUT2D eigenvalue weighted by atomic mass is 10.2. The molecule has 0 aliphatic carbocycles. The summed E-state index contributed by atoms with van der Waals surface area (Å²) in [4.78, 5) is 3.96. The Morgan fingerprint density at radius 1 is 1.37 bits per heavy atom. The molecule has 6 heteroatoms. The number of aromatic nitrogens is 1. The molecule has 19 heavy (non-hydrogen) atoms. The first kappa shape index (κ1) is 15.8. The Morgan fingerprint density at radius 3 is 2.74 bits per heavy atom. The van der Waals surface area contributed by atoms with Crippen LogP contribution in [0.5, 0.6) is 5.75 Å². The van der Waals surface area contributed by atoms with Gasteiger partial charge in [-0.15, -0.1) is 0 Å². The van der Waals surface area contributed by atoms with Crippen molar-refractivity contribution in [1.82, 2.24) is 10.3 Å². The molecule has 0 fully saturated rings. The maximum atomic E-state index is 12.0. The zero-order valence-corrected chi connectivity index (χ0v) is 11.1. The van der Waals surface area contributed by atoms with Crippen molar-refractivity contribution in [3.8, 4) is 5.75 Å². The van der Waals surface area contributed by atoms with Gasteiger partial charge in [-0.25, -0.2) is 0 Å². The standard InChI is InChI=1S/C13H19F3N2O/c1-10(2)7-18-9-11-8-17-5-3-12(11)19-6-4-13(14,15)16/h3,5,8,10,18H,4,6-7,9H2,1-2H3. The highest BCUT2D eigenvalue weighted by Gasteiger charge is 2.26. The van der Waals surface area contributed by atoms with Crippen molar-refractivity contribution >= 4 is 0 Å². The molecule has 108 valence electrons. The number of hydrogen-bond donors (Lipinski definition) is 1. The molecule has 0 aliphatic heterocycles. The van der Waals surface area contributed by atoms with Gasteiger partial charge in [0.1, 0.15) is 5.75 Å². The summed E-state index contributed by atoms with van der Waals surface area (Å²) >= 11 is 0. The summed E-state index contributed by atoms with van der Waals surface area (Å²) in [5, 5.41) is 3.21. The van der Waals surface area contributed by atoms with Gasteiger partial charge < -0.3 is 10.1 Å². The molecule has 0 atom stereocenters. The van der Waals surface area contributed by atoms with Gasteiger partial charge in [0, 0.05) is 24.5 Å². The number of ether oxygens (including phenoxy) is 1. The number of rotatable bonds is 7. The van der Waals surface area contributed by atoms with Crippen LogP contribution in [0.1, 0.15) is 25.8 Å². The van der Waals surface area contributed by atoms with Crippen LogP contribution < -0.4 is 10.1 Å². The average Bonchev–Trinajstić information content (AvgIpc) is 2.29. The molecule has 0 amide bonds. The number of hydrogen-bond acceptors (Lipinski definition) is 3. The minimum absolute atomic E-state index is 0.370. The first-order chi connectivity index (χ1) is 8.88. The Balaban J connectivity index is 2.48. The summed E-state index contributed by atoms with van der Waals surface area (Å²) in [5.41, 5.74) is 0.769. The highest BCUT2D eigenvalue weighted by Crippen LogP contribution is 2.21. The highest BCUT2D eigenvalue weighted by atomic mass is 19.4. The van der Waals surface area contributed by atoms with E-state index in [0.29, 0.717) is 18.2 Å². The first-order valence-corrected chi connectivity index (χ1v) is 6.21. The number of nitrogens with one attached hydrogen (secondary N) is 1. The molecule has 1 aromatic heterocycles. The lowest BCUT2D eigenvalue weighted by Gasteiger charge is -2.13. The number of alkyl halides is 3. The van der Waals surface area contributed by atoms with Gasteiger partial charge in [0.05, 0.1) is 13.0 Å². The summed E-state index contributed by atoms with van der Waals surface area (Å²) in [7, 11) is 0. The van der Waals surface area contributed by atoms with Gasteiger partial charge in [-0.1, -0.05) is 13.8 Å². The van der Waals surface area contributed by atoms with Crippen LogP contribution >= 0.6 is 0 Å². The predicted molar refractivity (Wildman–Crippen MR) is 66.9 cm³/mol.